The monoisotopic (exact) mass is 230 g/mol. The van der Waals surface area contributed by atoms with Crippen LogP contribution < -0.4 is 11.5 Å². The summed E-state index contributed by atoms with van der Waals surface area (Å²) in [5.74, 6) is 1.16. The fourth-order valence-corrected chi connectivity index (χ4v) is 2.01. The summed E-state index contributed by atoms with van der Waals surface area (Å²) in [7, 11) is 0. The highest BCUT2D eigenvalue weighted by Crippen LogP contribution is 2.18. The summed E-state index contributed by atoms with van der Waals surface area (Å²) in [5, 5.41) is 0. The molecule has 0 aromatic carbocycles. The molecule has 0 unspecified atom stereocenters. The molecule has 0 aromatic heterocycles. The van der Waals surface area contributed by atoms with Crippen LogP contribution in [0.25, 0.3) is 0 Å². The maximum Gasteiger partial charge on any atom is 0.0772 e. The second kappa shape index (κ2) is 5.96. The average molecular weight is 230 g/mol. The molecular weight excluding hydrogens is 204 g/mol. The Morgan fingerprint density at radius 1 is 0.812 bits per heavy atom. The fourth-order valence-electron chi connectivity index (χ4n) is 2.01. The minimum Gasteiger partial charge on any atom is -0.375 e. The molecule has 2 rings (SSSR count). The first-order valence-electron chi connectivity index (χ1n) is 6.17. The highest BCUT2D eigenvalue weighted by Gasteiger charge is 2.31. The van der Waals surface area contributed by atoms with Gasteiger partial charge in [-0.05, 0) is 11.8 Å². The second-order valence-corrected chi connectivity index (χ2v) is 5.41. The zero-order valence-corrected chi connectivity index (χ0v) is 10.8. The molecule has 0 aliphatic carbocycles. The van der Waals surface area contributed by atoms with E-state index in [0.717, 1.165) is 13.2 Å². The highest BCUT2D eigenvalue weighted by atomic mass is 16.5. The molecule has 2 heterocycles. The van der Waals surface area contributed by atoms with Gasteiger partial charge in [-0.1, -0.05) is 27.7 Å². The Balaban J connectivity index is 0.000000160. The lowest BCUT2D eigenvalue weighted by Crippen LogP contribution is -2.53. The van der Waals surface area contributed by atoms with Crippen LogP contribution >= 0.6 is 0 Å². The van der Waals surface area contributed by atoms with E-state index >= 15 is 0 Å². The quantitative estimate of drug-likeness (QED) is 0.734. The standard InChI is InChI=1S/2C6H13NO/c2*1-4(2)6-5(7)3-8-6/h2*4-6H,3,7H2,1-2H3/t2*5-,6-/m10/s1. The average Bonchev–Trinajstić information content (AvgIpc) is 2.12. The molecule has 2 saturated heterocycles. The Morgan fingerprint density at radius 3 is 1.12 bits per heavy atom. The van der Waals surface area contributed by atoms with E-state index in [4.69, 9.17) is 20.9 Å². The van der Waals surface area contributed by atoms with Gasteiger partial charge < -0.3 is 20.9 Å². The summed E-state index contributed by atoms with van der Waals surface area (Å²) < 4.78 is 10.4. The van der Waals surface area contributed by atoms with E-state index in [9.17, 15) is 0 Å². The topological polar surface area (TPSA) is 70.5 Å². The van der Waals surface area contributed by atoms with Gasteiger partial charge >= 0.3 is 0 Å². The molecule has 2 fully saturated rings. The maximum absolute atomic E-state index is 5.60. The van der Waals surface area contributed by atoms with Gasteiger partial charge in [0, 0.05) is 0 Å². The van der Waals surface area contributed by atoms with Gasteiger partial charge in [0.1, 0.15) is 0 Å². The molecule has 0 aromatic rings. The third kappa shape index (κ3) is 3.42. The molecule has 0 saturated carbocycles. The number of hydrogen-bond acceptors (Lipinski definition) is 4. The molecule has 2 aliphatic heterocycles. The lowest BCUT2D eigenvalue weighted by Gasteiger charge is -2.36. The van der Waals surface area contributed by atoms with E-state index in [-0.39, 0.29) is 0 Å². The molecule has 0 amide bonds. The van der Waals surface area contributed by atoms with E-state index in [1.807, 2.05) is 0 Å². The van der Waals surface area contributed by atoms with E-state index in [0.29, 0.717) is 36.1 Å². The first-order valence-corrected chi connectivity index (χ1v) is 6.17. The van der Waals surface area contributed by atoms with Crippen LogP contribution in [0.2, 0.25) is 0 Å². The minimum absolute atomic E-state index is 0.301. The van der Waals surface area contributed by atoms with Crippen molar-refractivity contribution in [1.29, 1.82) is 0 Å². The number of ether oxygens (including phenoxy) is 2. The van der Waals surface area contributed by atoms with Crippen LogP contribution in [0.15, 0.2) is 0 Å². The van der Waals surface area contributed by atoms with Crippen molar-refractivity contribution in [3.63, 3.8) is 0 Å². The number of rotatable bonds is 2. The largest absolute Gasteiger partial charge is 0.375 e. The molecular formula is C12H26N2O2. The van der Waals surface area contributed by atoms with Crippen LogP contribution in [0.1, 0.15) is 27.7 Å². The zero-order chi connectivity index (χ0) is 12.3. The molecule has 2 aliphatic rings. The maximum atomic E-state index is 5.60. The highest BCUT2D eigenvalue weighted by molar-refractivity contribution is 4.84. The summed E-state index contributed by atoms with van der Waals surface area (Å²) in [6.07, 6.45) is 0.657. The van der Waals surface area contributed by atoms with Crippen molar-refractivity contribution in [3.8, 4) is 0 Å². The number of hydrogen-bond donors (Lipinski definition) is 2. The molecule has 4 nitrogen and oxygen atoms in total. The predicted molar refractivity (Wildman–Crippen MR) is 65.1 cm³/mol. The Morgan fingerprint density at radius 2 is 1.12 bits per heavy atom. The van der Waals surface area contributed by atoms with Gasteiger partial charge in [0.25, 0.3) is 0 Å². The molecule has 16 heavy (non-hydrogen) atoms. The van der Waals surface area contributed by atoms with Crippen molar-refractivity contribution in [3.05, 3.63) is 0 Å². The van der Waals surface area contributed by atoms with Gasteiger partial charge in [0.2, 0.25) is 0 Å². The molecule has 0 spiro atoms. The van der Waals surface area contributed by atoms with Gasteiger partial charge in [0.15, 0.2) is 0 Å². The summed E-state index contributed by atoms with van der Waals surface area (Å²) in [5.41, 5.74) is 11.2. The van der Waals surface area contributed by atoms with Crippen LogP contribution in [-0.4, -0.2) is 37.5 Å². The van der Waals surface area contributed by atoms with E-state index in [2.05, 4.69) is 27.7 Å². The summed E-state index contributed by atoms with van der Waals surface area (Å²) in [6.45, 7) is 10.0. The Labute approximate surface area is 98.7 Å². The molecule has 4 heteroatoms. The van der Waals surface area contributed by atoms with Crippen molar-refractivity contribution in [1.82, 2.24) is 0 Å². The predicted octanol–water partition coefficient (Wildman–Crippen LogP) is 0.737. The van der Waals surface area contributed by atoms with Gasteiger partial charge in [0.05, 0.1) is 37.5 Å². The van der Waals surface area contributed by atoms with Crippen LogP contribution in [0, 0.1) is 11.8 Å². The van der Waals surface area contributed by atoms with Crippen molar-refractivity contribution in [2.45, 2.75) is 52.0 Å². The van der Waals surface area contributed by atoms with Crippen molar-refractivity contribution in [2.24, 2.45) is 23.3 Å². The van der Waals surface area contributed by atoms with Crippen LogP contribution in [0.5, 0.6) is 0 Å². The Bertz CT molecular complexity index is 178. The SMILES string of the molecule is CC(C)[C@@H]1OC[C@@H]1N.CC(C)[C@H]1OC[C@H]1N. The van der Waals surface area contributed by atoms with E-state index in [1.54, 1.807) is 0 Å². The summed E-state index contributed by atoms with van der Waals surface area (Å²) >= 11 is 0. The third-order valence-corrected chi connectivity index (χ3v) is 3.12. The fraction of sp³-hybridized carbons (Fsp3) is 1.00. The molecule has 96 valence electrons. The van der Waals surface area contributed by atoms with Crippen molar-refractivity contribution < 1.29 is 9.47 Å². The zero-order valence-electron chi connectivity index (χ0n) is 10.8. The molecule has 4 N–H and O–H groups in total. The Kier molecular flexibility index (Phi) is 5.18. The van der Waals surface area contributed by atoms with E-state index < -0.39 is 0 Å². The summed E-state index contributed by atoms with van der Waals surface area (Å²) in [6, 6.07) is 0.602. The first kappa shape index (κ1) is 13.9. The molecule has 0 radical (unpaired) electrons. The van der Waals surface area contributed by atoms with Crippen molar-refractivity contribution in [2.75, 3.05) is 13.2 Å². The van der Waals surface area contributed by atoms with Gasteiger partial charge in [-0.15, -0.1) is 0 Å². The van der Waals surface area contributed by atoms with E-state index in [1.165, 1.54) is 0 Å². The van der Waals surface area contributed by atoms with Gasteiger partial charge in [-0.25, -0.2) is 0 Å². The minimum atomic E-state index is 0.301. The lowest BCUT2D eigenvalue weighted by molar-refractivity contribution is -0.0969. The first-order chi connectivity index (χ1) is 7.43. The van der Waals surface area contributed by atoms with Crippen LogP contribution in [0.3, 0.4) is 0 Å². The molecule has 4 atom stereocenters. The Hall–Kier alpha value is -0.160. The molecule has 0 bridgehead atoms. The third-order valence-electron chi connectivity index (χ3n) is 3.12. The van der Waals surface area contributed by atoms with Gasteiger partial charge in [-0.2, -0.15) is 0 Å². The number of nitrogens with two attached hydrogens (primary N) is 2. The van der Waals surface area contributed by atoms with Gasteiger partial charge in [-0.3, -0.25) is 0 Å². The normalized spacial score (nSPS) is 37.5. The summed E-state index contributed by atoms with van der Waals surface area (Å²) in [4.78, 5) is 0. The van der Waals surface area contributed by atoms with Crippen LogP contribution in [-0.2, 0) is 9.47 Å². The second-order valence-electron chi connectivity index (χ2n) is 5.41. The lowest BCUT2D eigenvalue weighted by atomic mass is 9.96. The van der Waals surface area contributed by atoms with Crippen LogP contribution in [0.4, 0.5) is 0 Å². The van der Waals surface area contributed by atoms with Crippen molar-refractivity contribution >= 4 is 0 Å². The smallest absolute Gasteiger partial charge is 0.0772 e.